The summed E-state index contributed by atoms with van der Waals surface area (Å²) in [5, 5.41) is 42.3. The van der Waals surface area contributed by atoms with Gasteiger partial charge in [0.15, 0.2) is 0 Å². The van der Waals surface area contributed by atoms with Crippen LogP contribution in [0, 0.1) is 6.92 Å². The van der Waals surface area contributed by atoms with Crippen LogP contribution in [0.25, 0.3) is 0 Å². The number of aliphatic hydroxyl groups excluding tert-OH is 2. The first-order valence-corrected chi connectivity index (χ1v) is 23.8. The van der Waals surface area contributed by atoms with Gasteiger partial charge in [-0.3, -0.25) is 0 Å². The van der Waals surface area contributed by atoms with Gasteiger partial charge in [-0.15, -0.1) is 20.4 Å². The highest BCUT2D eigenvalue weighted by Gasteiger charge is 2.47. The van der Waals surface area contributed by atoms with Gasteiger partial charge >= 0.3 is 18.5 Å². The second kappa shape index (κ2) is 22.4. The summed E-state index contributed by atoms with van der Waals surface area (Å²) in [5.74, 6) is 0. The molecular weight excluding hydrogens is 972 g/mol. The first-order chi connectivity index (χ1) is 34.6. The Morgan fingerprint density at radius 3 is 1.22 bits per heavy atom. The van der Waals surface area contributed by atoms with Crippen LogP contribution in [0.4, 0.5) is 39.5 Å². The van der Waals surface area contributed by atoms with Crippen LogP contribution in [0.5, 0.6) is 0 Å². The molecule has 6 atom stereocenters. The molecule has 394 valence electrons. The Morgan fingerprint density at radius 2 is 0.890 bits per heavy atom. The third-order valence-electron chi connectivity index (χ3n) is 14.4. The van der Waals surface area contributed by atoms with Gasteiger partial charge in [0.2, 0.25) is 0 Å². The van der Waals surface area contributed by atoms with Crippen molar-refractivity contribution in [2.75, 3.05) is 39.5 Å². The van der Waals surface area contributed by atoms with Gasteiger partial charge in [0.25, 0.3) is 0 Å². The summed E-state index contributed by atoms with van der Waals surface area (Å²) >= 11 is 0. The summed E-state index contributed by atoms with van der Waals surface area (Å²) in [7, 11) is 0. The molecule has 0 radical (unpaired) electrons. The molecule has 0 bridgehead atoms. The molecule has 12 nitrogen and oxygen atoms in total. The van der Waals surface area contributed by atoms with E-state index in [0.29, 0.717) is 68.5 Å². The fourth-order valence-corrected chi connectivity index (χ4v) is 9.92. The van der Waals surface area contributed by atoms with Crippen LogP contribution in [0.3, 0.4) is 0 Å². The Bertz CT molecular complexity index is 2620. The molecule has 2 saturated heterocycles. The van der Waals surface area contributed by atoms with Crippen LogP contribution in [-0.2, 0) is 50.2 Å². The van der Waals surface area contributed by atoms with Crippen LogP contribution in [0.2, 0.25) is 0 Å². The molecule has 0 saturated carbocycles. The molecule has 2 aliphatic heterocycles. The van der Waals surface area contributed by atoms with Crippen molar-refractivity contribution >= 4 is 0 Å². The van der Waals surface area contributed by atoms with Crippen molar-refractivity contribution in [1.29, 1.82) is 0 Å². The molecule has 0 unspecified atom stereocenters. The van der Waals surface area contributed by atoms with Gasteiger partial charge in [0, 0.05) is 26.3 Å². The predicted molar refractivity (Wildman–Crippen MR) is 251 cm³/mol. The maximum atomic E-state index is 13.4. The van der Waals surface area contributed by atoms with E-state index in [1.165, 1.54) is 13.0 Å². The zero-order valence-corrected chi connectivity index (χ0v) is 40.5. The van der Waals surface area contributed by atoms with E-state index >= 15 is 0 Å². The number of rotatable bonds is 16. The predicted octanol–water partition coefficient (Wildman–Crippen LogP) is 10.2. The second-order valence-electron chi connectivity index (χ2n) is 19.1. The number of halogens is 9. The number of alkyl halides is 9. The van der Waals surface area contributed by atoms with Crippen molar-refractivity contribution in [2.45, 2.75) is 112 Å². The highest BCUT2D eigenvalue weighted by atomic mass is 19.4. The minimum absolute atomic E-state index is 0.00679. The smallest absolute Gasteiger partial charge is 0.396 e. The number of aromatic nitrogens is 6. The number of piperidine rings is 2. The SMILES string of the molecule is C[C@@H](OC[C@@]1(c2ccccc2)CC[C@](CCO)(n2cnnc2)CN1)c1cc(C(F)(F)F)cc(C(F)(F)F)c1.Cc1cc([C@@H](C)OC[C@@]2(c3ccccc3)CC[C@@](CCO)(n3cnnc3)CN2)cc(C(F)(F)F)c1. The fourth-order valence-electron chi connectivity index (χ4n) is 9.92. The first kappa shape index (κ1) is 55.0. The summed E-state index contributed by atoms with van der Waals surface area (Å²) < 4.78 is 136. The van der Waals surface area contributed by atoms with Crippen LogP contribution >= 0.6 is 0 Å². The van der Waals surface area contributed by atoms with Gasteiger partial charge in [0.05, 0.1) is 64.3 Å². The molecular formula is C52H59F9N8O4. The van der Waals surface area contributed by atoms with Crippen LogP contribution < -0.4 is 10.6 Å². The molecule has 4 aromatic carbocycles. The van der Waals surface area contributed by atoms with Crippen molar-refractivity contribution in [1.82, 2.24) is 40.2 Å². The average Bonchev–Trinajstić information content (AvgIpc) is 4.13. The maximum Gasteiger partial charge on any atom is 0.416 e. The van der Waals surface area contributed by atoms with E-state index in [-0.39, 0.29) is 43.6 Å². The first-order valence-electron chi connectivity index (χ1n) is 23.8. The number of aryl methyl sites for hydroxylation is 1. The Hall–Kier alpha value is -5.71. The quantitative estimate of drug-likeness (QED) is 0.0692. The van der Waals surface area contributed by atoms with Gasteiger partial charge in [-0.1, -0.05) is 72.3 Å². The number of ether oxygens (including phenoxy) is 2. The number of hydrogen-bond donors (Lipinski definition) is 4. The van der Waals surface area contributed by atoms with Crippen LogP contribution in [0.15, 0.2) is 122 Å². The van der Waals surface area contributed by atoms with Gasteiger partial charge < -0.3 is 39.5 Å². The molecule has 21 heteroatoms. The highest BCUT2D eigenvalue weighted by Crippen LogP contribution is 2.43. The molecule has 2 aliphatic rings. The summed E-state index contributed by atoms with van der Waals surface area (Å²) in [5.41, 5.74) is -2.87. The standard InChI is InChI=1S/C26H28F6N4O2.C26H31F3N4O2/c1-18(19-11-21(25(27,28)29)13-22(12-19)26(30,31)32)38-15-24(20-5-3-2-4-6-20)8-7-23(9-10-37,14-33-24)36-16-34-35-17-36;1-19-12-21(14-23(13-19)26(27,28)29)20(2)35-16-25(22-6-4-3-5-7-22)9-8-24(10-11-34,15-30-25)33-17-31-32-18-33/h2-6,11-13,16-18,33,37H,7-10,14-15H2,1H3;3-7,12-14,17-18,20,30,34H,8-11,15-16H2,1-2H3/t18-,23-,24-;20-,24+,25-/m11/s1. The van der Waals surface area contributed by atoms with E-state index in [1.807, 2.05) is 69.8 Å². The topological polar surface area (TPSA) is 144 Å². The number of nitrogens with zero attached hydrogens (tertiary/aromatic N) is 6. The maximum absolute atomic E-state index is 13.4. The lowest BCUT2D eigenvalue weighted by Crippen LogP contribution is -2.59. The van der Waals surface area contributed by atoms with Gasteiger partial charge in [-0.2, -0.15) is 39.5 Å². The van der Waals surface area contributed by atoms with E-state index in [2.05, 4.69) is 31.0 Å². The number of nitrogens with one attached hydrogen (secondary N) is 2. The van der Waals surface area contributed by atoms with Gasteiger partial charge in [-0.05, 0) is 112 Å². The monoisotopic (exact) mass is 1030 g/mol. The Labute approximate surface area is 417 Å². The molecule has 4 N–H and O–H groups in total. The zero-order chi connectivity index (χ0) is 52.7. The molecule has 6 aromatic rings. The van der Waals surface area contributed by atoms with Crippen LogP contribution in [0.1, 0.15) is 109 Å². The number of benzene rings is 4. The lowest BCUT2D eigenvalue weighted by atomic mass is 9.75. The number of aliphatic hydroxyl groups is 2. The summed E-state index contributed by atoms with van der Waals surface area (Å²) in [4.78, 5) is 0. The molecule has 2 fully saturated rings. The van der Waals surface area contributed by atoms with E-state index in [4.69, 9.17) is 9.47 Å². The van der Waals surface area contributed by atoms with Crippen molar-refractivity contribution in [3.63, 3.8) is 0 Å². The molecule has 8 rings (SSSR count). The van der Waals surface area contributed by atoms with Crippen molar-refractivity contribution < 1.29 is 59.2 Å². The molecule has 0 spiro atoms. The van der Waals surface area contributed by atoms with Crippen molar-refractivity contribution in [2.24, 2.45) is 0 Å². The number of hydrogen-bond acceptors (Lipinski definition) is 10. The summed E-state index contributed by atoms with van der Waals surface area (Å²) in [6.07, 6.45) is -5.85. The summed E-state index contributed by atoms with van der Waals surface area (Å²) in [6, 6.07) is 24.8. The molecule has 2 aromatic heterocycles. The summed E-state index contributed by atoms with van der Waals surface area (Å²) in [6.45, 7) is 6.07. The second-order valence-corrected chi connectivity index (χ2v) is 19.1. The highest BCUT2D eigenvalue weighted by molar-refractivity contribution is 5.36. The molecule has 4 heterocycles. The Morgan fingerprint density at radius 1 is 0.534 bits per heavy atom. The molecule has 0 amide bonds. The lowest BCUT2D eigenvalue weighted by Gasteiger charge is -2.48. The van der Waals surface area contributed by atoms with E-state index in [9.17, 15) is 49.7 Å². The molecule has 0 aliphatic carbocycles. The minimum atomic E-state index is -4.94. The minimum Gasteiger partial charge on any atom is -0.396 e. The van der Waals surface area contributed by atoms with E-state index in [0.717, 1.165) is 23.6 Å². The average molecular weight is 1030 g/mol. The van der Waals surface area contributed by atoms with Gasteiger partial charge in [0.1, 0.15) is 25.3 Å². The Balaban J connectivity index is 0.000000214. The third-order valence-corrected chi connectivity index (χ3v) is 14.4. The van der Waals surface area contributed by atoms with Crippen LogP contribution in [-0.4, -0.2) is 79.3 Å². The molecule has 73 heavy (non-hydrogen) atoms. The van der Waals surface area contributed by atoms with Gasteiger partial charge in [-0.25, -0.2) is 0 Å². The Kier molecular flexibility index (Phi) is 16.9. The van der Waals surface area contributed by atoms with E-state index in [1.54, 1.807) is 45.2 Å². The lowest BCUT2D eigenvalue weighted by molar-refractivity contribution is -0.143. The zero-order valence-electron chi connectivity index (χ0n) is 40.5. The third kappa shape index (κ3) is 12.8. The van der Waals surface area contributed by atoms with Crippen molar-refractivity contribution in [3.8, 4) is 0 Å². The fraction of sp³-hybridized carbons (Fsp3) is 0.462. The van der Waals surface area contributed by atoms with Crippen molar-refractivity contribution in [3.05, 3.63) is 167 Å². The normalized spacial score (nSPS) is 23.6. The van der Waals surface area contributed by atoms with E-state index < -0.39 is 64.0 Å². The largest absolute Gasteiger partial charge is 0.416 e.